The molecule has 0 bridgehead atoms. The molecule has 0 radical (unpaired) electrons. The molecule has 0 aromatic heterocycles. The van der Waals surface area contributed by atoms with E-state index in [1.54, 1.807) is 18.2 Å². The highest BCUT2D eigenvalue weighted by atomic mass is 16.5. The van der Waals surface area contributed by atoms with Crippen molar-refractivity contribution in [1.29, 1.82) is 0 Å². The van der Waals surface area contributed by atoms with Gasteiger partial charge in [-0.15, -0.1) is 6.42 Å². The molecule has 0 aliphatic carbocycles. The summed E-state index contributed by atoms with van der Waals surface area (Å²) in [5, 5.41) is 2.94. The number of terminal acetylenes is 1. The van der Waals surface area contributed by atoms with Crippen LogP contribution < -0.4 is 5.32 Å². The Balaban J connectivity index is 2.92. The van der Waals surface area contributed by atoms with Crippen LogP contribution in [0.4, 0.5) is 5.69 Å². The molecule has 3 nitrogen and oxygen atoms in total. The minimum absolute atomic E-state index is 0.370. The summed E-state index contributed by atoms with van der Waals surface area (Å²) < 4.78 is 4.63. The maximum absolute atomic E-state index is 11.3. The van der Waals surface area contributed by atoms with Crippen molar-refractivity contribution in [2.24, 2.45) is 0 Å². The molecular weight excluding hydrogens is 178 g/mol. The van der Waals surface area contributed by atoms with Crippen LogP contribution in [0.2, 0.25) is 0 Å². The normalized spacial score (nSPS) is 8.86. The van der Waals surface area contributed by atoms with E-state index in [1.165, 1.54) is 7.11 Å². The van der Waals surface area contributed by atoms with E-state index in [0.29, 0.717) is 17.8 Å². The lowest BCUT2D eigenvalue weighted by atomic mass is 10.2. The number of hydrogen-bond acceptors (Lipinski definition) is 3. The Hall–Kier alpha value is -1.95. The van der Waals surface area contributed by atoms with Crippen molar-refractivity contribution in [2.45, 2.75) is 0 Å². The SMILES string of the molecule is C#CCNc1ccccc1C(=O)OC. The van der Waals surface area contributed by atoms with E-state index in [4.69, 9.17) is 6.42 Å². The third-order valence-corrected chi connectivity index (χ3v) is 1.71. The molecule has 0 atom stereocenters. The molecule has 0 aliphatic heterocycles. The molecule has 1 aromatic carbocycles. The number of anilines is 1. The van der Waals surface area contributed by atoms with Gasteiger partial charge in [0.25, 0.3) is 0 Å². The number of rotatable bonds is 3. The summed E-state index contributed by atoms with van der Waals surface area (Å²) >= 11 is 0. The van der Waals surface area contributed by atoms with Crippen molar-refractivity contribution in [3.63, 3.8) is 0 Å². The fourth-order valence-corrected chi connectivity index (χ4v) is 1.07. The lowest BCUT2D eigenvalue weighted by Crippen LogP contribution is -2.07. The predicted octanol–water partition coefficient (Wildman–Crippen LogP) is 1.52. The Morgan fingerprint density at radius 2 is 2.29 bits per heavy atom. The molecule has 0 aliphatic rings. The molecular formula is C11H11NO2. The summed E-state index contributed by atoms with van der Waals surface area (Å²) in [7, 11) is 1.35. The second-order valence-electron chi connectivity index (χ2n) is 2.59. The van der Waals surface area contributed by atoms with Crippen LogP contribution in [0.1, 0.15) is 10.4 Å². The molecule has 1 N–H and O–H groups in total. The van der Waals surface area contributed by atoms with Gasteiger partial charge in [0, 0.05) is 5.69 Å². The zero-order chi connectivity index (χ0) is 10.4. The summed E-state index contributed by atoms with van der Waals surface area (Å²) in [6, 6.07) is 7.06. The standard InChI is InChI=1S/C11H11NO2/c1-3-8-12-10-7-5-4-6-9(10)11(13)14-2/h1,4-7,12H,8H2,2H3. The molecule has 0 spiro atoms. The molecule has 0 unspecified atom stereocenters. The van der Waals surface area contributed by atoms with E-state index < -0.39 is 0 Å². The zero-order valence-electron chi connectivity index (χ0n) is 7.91. The molecule has 1 aromatic rings. The van der Waals surface area contributed by atoms with Gasteiger partial charge in [-0.2, -0.15) is 0 Å². The second-order valence-corrected chi connectivity index (χ2v) is 2.59. The van der Waals surface area contributed by atoms with Gasteiger partial charge in [-0.25, -0.2) is 4.79 Å². The van der Waals surface area contributed by atoms with Crippen molar-refractivity contribution < 1.29 is 9.53 Å². The van der Waals surface area contributed by atoms with Gasteiger partial charge in [0.15, 0.2) is 0 Å². The number of benzene rings is 1. The summed E-state index contributed by atoms with van der Waals surface area (Å²) in [4.78, 5) is 11.3. The molecule has 0 fully saturated rings. The number of para-hydroxylation sites is 1. The van der Waals surface area contributed by atoms with Gasteiger partial charge in [-0.05, 0) is 12.1 Å². The summed E-state index contributed by atoms with van der Waals surface area (Å²) in [5.74, 6) is 2.07. The first-order chi connectivity index (χ1) is 6.79. The first kappa shape index (κ1) is 10.1. The maximum Gasteiger partial charge on any atom is 0.339 e. The molecule has 1 rings (SSSR count). The fourth-order valence-electron chi connectivity index (χ4n) is 1.07. The Kier molecular flexibility index (Phi) is 3.57. The van der Waals surface area contributed by atoms with Crippen molar-refractivity contribution in [3.05, 3.63) is 29.8 Å². The second kappa shape index (κ2) is 4.93. The van der Waals surface area contributed by atoms with Crippen LogP contribution in [-0.2, 0) is 4.74 Å². The Morgan fingerprint density at radius 3 is 2.93 bits per heavy atom. The third-order valence-electron chi connectivity index (χ3n) is 1.71. The monoisotopic (exact) mass is 189 g/mol. The van der Waals surface area contributed by atoms with E-state index >= 15 is 0 Å². The van der Waals surface area contributed by atoms with Crippen molar-refractivity contribution in [1.82, 2.24) is 0 Å². The number of ether oxygens (including phenoxy) is 1. The van der Waals surface area contributed by atoms with Gasteiger partial charge in [-0.1, -0.05) is 18.1 Å². The minimum atomic E-state index is -0.370. The number of carbonyl (C=O) groups is 1. The zero-order valence-corrected chi connectivity index (χ0v) is 7.91. The van der Waals surface area contributed by atoms with Crippen LogP contribution in [0.15, 0.2) is 24.3 Å². The summed E-state index contributed by atoms with van der Waals surface area (Å²) in [5.41, 5.74) is 1.18. The summed E-state index contributed by atoms with van der Waals surface area (Å²) in [6.45, 7) is 0.383. The largest absolute Gasteiger partial charge is 0.465 e. The van der Waals surface area contributed by atoms with Gasteiger partial charge < -0.3 is 10.1 Å². The lowest BCUT2D eigenvalue weighted by molar-refractivity contribution is 0.0602. The van der Waals surface area contributed by atoms with Crippen molar-refractivity contribution in [3.8, 4) is 12.3 Å². The minimum Gasteiger partial charge on any atom is -0.465 e. The highest BCUT2D eigenvalue weighted by Crippen LogP contribution is 2.15. The number of nitrogens with one attached hydrogen (secondary N) is 1. The van der Waals surface area contributed by atoms with Crippen molar-refractivity contribution in [2.75, 3.05) is 19.0 Å². The Morgan fingerprint density at radius 1 is 1.57 bits per heavy atom. The first-order valence-corrected chi connectivity index (χ1v) is 4.14. The van der Waals surface area contributed by atoms with Crippen LogP contribution in [-0.4, -0.2) is 19.6 Å². The topological polar surface area (TPSA) is 38.3 Å². The number of carbonyl (C=O) groups excluding carboxylic acids is 1. The lowest BCUT2D eigenvalue weighted by Gasteiger charge is -2.07. The van der Waals surface area contributed by atoms with E-state index in [1.807, 2.05) is 6.07 Å². The van der Waals surface area contributed by atoms with E-state index in [-0.39, 0.29) is 5.97 Å². The predicted molar refractivity (Wildman–Crippen MR) is 55.1 cm³/mol. The average molecular weight is 189 g/mol. The van der Waals surface area contributed by atoms with Crippen LogP contribution in [0.5, 0.6) is 0 Å². The molecule has 0 amide bonds. The third kappa shape index (κ3) is 2.27. The first-order valence-electron chi connectivity index (χ1n) is 4.14. The van der Waals surface area contributed by atoms with E-state index in [0.717, 1.165) is 0 Å². The number of hydrogen-bond donors (Lipinski definition) is 1. The Labute approximate surface area is 83.1 Å². The van der Waals surface area contributed by atoms with Crippen LogP contribution >= 0.6 is 0 Å². The molecule has 0 saturated heterocycles. The van der Waals surface area contributed by atoms with E-state index in [2.05, 4.69) is 16.0 Å². The quantitative estimate of drug-likeness (QED) is 0.578. The Bertz CT molecular complexity index is 366. The van der Waals surface area contributed by atoms with Gasteiger partial charge in [0.1, 0.15) is 0 Å². The number of methoxy groups -OCH3 is 1. The smallest absolute Gasteiger partial charge is 0.339 e. The van der Waals surface area contributed by atoms with Crippen LogP contribution in [0.25, 0.3) is 0 Å². The van der Waals surface area contributed by atoms with Crippen LogP contribution in [0.3, 0.4) is 0 Å². The maximum atomic E-state index is 11.3. The van der Waals surface area contributed by atoms with E-state index in [9.17, 15) is 4.79 Å². The molecule has 0 heterocycles. The number of esters is 1. The van der Waals surface area contributed by atoms with Crippen molar-refractivity contribution >= 4 is 11.7 Å². The average Bonchev–Trinajstić information content (AvgIpc) is 2.25. The van der Waals surface area contributed by atoms with Crippen LogP contribution in [0, 0.1) is 12.3 Å². The van der Waals surface area contributed by atoms with Gasteiger partial charge >= 0.3 is 5.97 Å². The fraction of sp³-hybridized carbons (Fsp3) is 0.182. The molecule has 72 valence electrons. The molecule has 0 saturated carbocycles. The van der Waals surface area contributed by atoms with Gasteiger partial charge in [0.2, 0.25) is 0 Å². The highest BCUT2D eigenvalue weighted by molar-refractivity contribution is 5.95. The highest BCUT2D eigenvalue weighted by Gasteiger charge is 2.09. The van der Waals surface area contributed by atoms with Gasteiger partial charge in [-0.3, -0.25) is 0 Å². The van der Waals surface area contributed by atoms with Gasteiger partial charge in [0.05, 0.1) is 19.2 Å². The molecule has 14 heavy (non-hydrogen) atoms. The summed E-state index contributed by atoms with van der Waals surface area (Å²) in [6.07, 6.45) is 5.11. The molecule has 3 heteroatoms.